The Labute approximate surface area is 179 Å². The van der Waals surface area contributed by atoms with E-state index in [1.165, 1.54) is 16.4 Å². The highest BCUT2D eigenvalue weighted by Gasteiger charge is 2.33. The van der Waals surface area contributed by atoms with Crippen molar-refractivity contribution < 1.29 is 17.6 Å². The molecule has 0 spiro atoms. The van der Waals surface area contributed by atoms with Gasteiger partial charge in [-0.3, -0.25) is 4.79 Å². The van der Waals surface area contributed by atoms with Gasteiger partial charge in [-0.15, -0.1) is 11.3 Å². The minimum Gasteiger partial charge on any atom is -0.339 e. The lowest BCUT2D eigenvalue weighted by atomic mass is 9.97. The molecule has 0 saturated carbocycles. The van der Waals surface area contributed by atoms with Gasteiger partial charge in [0, 0.05) is 26.1 Å². The van der Waals surface area contributed by atoms with E-state index in [0.29, 0.717) is 19.4 Å². The van der Waals surface area contributed by atoms with Crippen molar-refractivity contribution >= 4 is 37.5 Å². The summed E-state index contributed by atoms with van der Waals surface area (Å²) in [7, 11) is -1.92. The summed E-state index contributed by atoms with van der Waals surface area (Å²) in [6, 6.07) is 12.7. The van der Waals surface area contributed by atoms with E-state index >= 15 is 0 Å². The number of halogens is 1. The van der Waals surface area contributed by atoms with Gasteiger partial charge in [0.25, 0.3) is 0 Å². The van der Waals surface area contributed by atoms with Crippen molar-refractivity contribution in [1.82, 2.24) is 14.2 Å². The zero-order valence-corrected chi connectivity index (χ0v) is 18.1. The molecule has 0 atom stereocenters. The third-order valence-corrected chi connectivity index (χ3v) is 8.28. The fraction of sp³-hybridized carbons (Fsp3) is 0.333. The first-order valence-corrected chi connectivity index (χ1v) is 12.0. The van der Waals surface area contributed by atoms with E-state index in [4.69, 9.17) is 0 Å². The second kappa shape index (κ2) is 8.41. The van der Waals surface area contributed by atoms with Gasteiger partial charge in [0.2, 0.25) is 15.9 Å². The number of rotatable bonds is 5. The predicted octanol–water partition coefficient (Wildman–Crippen LogP) is 3.49. The number of amides is 1. The van der Waals surface area contributed by atoms with Gasteiger partial charge in [0.05, 0.1) is 21.7 Å². The van der Waals surface area contributed by atoms with Crippen molar-refractivity contribution in [2.45, 2.75) is 24.3 Å². The number of aromatic nitrogens is 1. The molecule has 1 fully saturated rings. The number of carbonyl (C=O) groups is 1. The van der Waals surface area contributed by atoms with Crippen LogP contribution in [0, 0.1) is 11.7 Å². The average molecular weight is 448 g/mol. The Morgan fingerprint density at radius 1 is 1.17 bits per heavy atom. The highest BCUT2D eigenvalue weighted by Crippen LogP contribution is 2.27. The number of carbonyl (C=O) groups excluding carboxylic acids is 1. The summed E-state index contributed by atoms with van der Waals surface area (Å²) in [6.45, 7) is 0.975. The molecule has 1 aliphatic heterocycles. The highest BCUT2D eigenvalue weighted by atomic mass is 32.2. The zero-order valence-electron chi connectivity index (χ0n) is 16.5. The maximum Gasteiger partial charge on any atom is 0.243 e. The van der Waals surface area contributed by atoms with Crippen molar-refractivity contribution in [1.29, 1.82) is 0 Å². The van der Waals surface area contributed by atoms with Gasteiger partial charge < -0.3 is 4.90 Å². The number of benzene rings is 2. The van der Waals surface area contributed by atoms with E-state index in [0.717, 1.165) is 27.4 Å². The van der Waals surface area contributed by atoms with Crippen molar-refractivity contribution in [2.75, 3.05) is 20.1 Å². The van der Waals surface area contributed by atoms with E-state index in [9.17, 15) is 17.6 Å². The maximum absolute atomic E-state index is 13.1. The number of hydrogen-bond acceptors (Lipinski definition) is 5. The lowest BCUT2D eigenvalue weighted by Crippen LogP contribution is -2.43. The van der Waals surface area contributed by atoms with Crippen LogP contribution >= 0.6 is 11.3 Å². The van der Waals surface area contributed by atoms with Crippen LogP contribution in [0.2, 0.25) is 0 Å². The topological polar surface area (TPSA) is 70.6 Å². The number of sulfonamides is 1. The first kappa shape index (κ1) is 20.9. The molecule has 3 aromatic rings. The standard InChI is InChI=1S/C21H22FN3O3S2/c1-24(14-20-23-18-4-2-3-5-19(18)29-20)21(26)15-10-12-25(13-11-15)30(27,28)17-8-6-16(22)7-9-17/h2-9,15H,10-14H2,1H3. The molecule has 9 heteroatoms. The van der Waals surface area contributed by atoms with Crippen LogP contribution in [0.15, 0.2) is 53.4 Å². The molecular weight excluding hydrogens is 425 g/mol. The molecular formula is C21H22FN3O3S2. The Kier molecular flexibility index (Phi) is 5.86. The quantitative estimate of drug-likeness (QED) is 0.600. The molecule has 2 aromatic carbocycles. The molecule has 2 heterocycles. The third kappa shape index (κ3) is 4.23. The number of fused-ring (bicyclic) bond motifs is 1. The van der Waals surface area contributed by atoms with Crippen LogP contribution in [0.25, 0.3) is 10.2 Å². The molecule has 0 N–H and O–H groups in total. The van der Waals surface area contributed by atoms with E-state index in [-0.39, 0.29) is 29.8 Å². The molecule has 1 aliphatic rings. The van der Waals surface area contributed by atoms with Gasteiger partial charge in [-0.1, -0.05) is 12.1 Å². The van der Waals surface area contributed by atoms with Crippen molar-refractivity contribution in [2.24, 2.45) is 5.92 Å². The fourth-order valence-electron chi connectivity index (χ4n) is 3.68. The first-order valence-electron chi connectivity index (χ1n) is 9.70. The summed E-state index contributed by atoms with van der Waals surface area (Å²) in [5, 5.41) is 0.878. The van der Waals surface area contributed by atoms with Crippen LogP contribution in [-0.4, -0.2) is 48.7 Å². The Morgan fingerprint density at radius 2 is 1.83 bits per heavy atom. The van der Waals surface area contributed by atoms with Crippen LogP contribution in [-0.2, 0) is 21.4 Å². The molecule has 1 aromatic heterocycles. The first-order chi connectivity index (χ1) is 14.3. The zero-order chi connectivity index (χ0) is 21.3. The van der Waals surface area contributed by atoms with Crippen molar-refractivity contribution in [3.63, 3.8) is 0 Å². The molecule has 6 nitrogen and oxygen atoms in total. The van der Waals surface area contributed by atoms with Crippen molar-refractivity contribution in [3.8, 4) is 0 Å². The number of para-hydroxylation sites is 1. The minimum absolute atomic E-state index is 0.00749. The lowest BCUT2D eigenvalue weighted by Gasteiger charge is -2.32. The monoisotopic (exact) mass is 447 g/mol. The van der Waals surface area contributed by atoms with E-state index in [1.54, 1.807) is 23.3 Å². The fourth-order valence-corrected chi connectivity index (χ4v) is 6.17. The van der Waals surface area contributed by atoms with Crippen LogP contribution in [0.3, 0.4) is 0 Å². The number of thiazole rings is 1. The lowest BCUT2D eigenvalue weighted by molar-refractivity contribution is -0.135. The van der Waals surface area contributed by atoms with E-state index in [1.807, 2.05) is 24.3 Å². The SMILES string of the molecule is CN(Cc1nc2ccccc2s1)C(=O)C1CCN(S(=O)(=O)c2ccc(F)cc2)CC1. The van der Waals surface area contributed by atoms with Crippen LogP contribution in [0.4, 0.5) is 4.39 Å². The molecule has 4 rings (SSSR count). The smallest absolute Gasteiger partial charge is 0.243 e. The molecule has 0 unspecified atom stereocenters. The van der Waals surface area contributed by atoms with Crippen LogP contribution < -0.4 is 0 Å². The summed E-state index contributed by atoms with van der Waals surface area (Å²) in [6.07, 6.45) is 0.923. The Balaban J connectivity index is 1.37. The largest absolute Gasteiger partial charge is 0.339 e. The molecule has 0 aliphatic carbocycles. The van der Waals surface area contributed by atoms with Gasteiger partial charge in [0.1, 0.15) is 10.8 Å². The minimum atomic E-state index is -3.68. The number of hydrogen-bond donors (Lipinski definition) is 0. The second-order valence-electron chi connectivity index (χ2n) is 7.40. The second-order valence-corrected chi connectivity index (χ2v) is 10.5. The predicted molar refractivity (Wildman–Crippen MR) is 114 cm³/mol. The molecule has 30 heavy (non-hydrogen) atoms. The number of piperidine rings is 1. The van der Waals surface area contributed by atoms with Gasteiger partial charge in [-0.05, 0) is 49.2 Å². The summed E-state index contributed by atoms with van der Waals surface area (Å²) in [4.78, 5) is 19.2. The Morgan fingerprint density at radius 3 is 2.50 bits per heavy atom. The van der Waals surface area contributed by atoms with Gasteiger partial charge in [-0.2, -0.15) is 4.31 Å². The normalized spacial score (nSPS) is 16.1. The Hall–Kier alpha value is -2.36. The summed E-state index contributed by atoms with van der Waals surface area (Å²) in [5.41, 5.74) is 0.928. The summed E-state index contributed by atoms with van der Waals surface area (Å²) >= 11 is 1.57. The third-order valence-electron chi connectivity index (χ3n) is 5.34. The van der Waals surface area contributed by atoms with Gasteiger partial charge in [0.15, 0.2) is 0 Å². The van der Waals surface area contributed by atoms with Crippen LogP contribution in [0.1, 0.15) is 17.8 Å². The molecule has 0 radical (unpaired) electrons. The van der Waals surface area contributed by atoms with E-state index < -0.39 is 15.8 Å². The highest BCUT2D eigenvalue weighted by molar-refractivity contribution is 7.89. The molecule has 0 bridgehead atoms. The summed E-state index contributed by atoms with van der Waals surface area (Å²) < 4.78 is 41.0. The van der Waals surface area contributed by atoms with Crippen molar-refractivity contribution in [3.05, 3.63) is 59.4 Å². The molecule has 1 saturated heterocycles. The average Bonchev–Trinajstić information content (AvgIpc) is 3.16. The molecule has 1 amide bonds. The number of nitrogens with zero attached hydrogens (tertiary/aromatic N) is 3. The van der Waals surface area contributed by atoms with Gasteiger partial charge in [-0.25, -0.2) is 17.8 Å². The summed E-state index contributed by atoms with van der Waals surface area (Å²) in [5.74, 6) is -0.688. The van der Waals surface area contributed by atoms with E-state index in [2.05, 4.69) is 4.98 Å². The maximum atomic E-state index is 13.1. The molecule has 158 valence electrons. The Bertz CT molecular complexity index is 1120. The van der Waals surface area contributed by atoms with Crippen LogP contribution in [0.5, 0.6) is 0 Å². The van der Waals surface area contributed by atoms with Gasteiger partial charge >= 0.3 is 0 Å².